The fraction of sp³-hybridized carbons (Fsp3) is 0.796. The van der Waals surface area contributed by atoms with Crippen molar-refractivity contribution in [2.45, 2.75) is 270 Å². The highest BCUT2D eigenvalue weighted by Gasteiger charge is 2.17. The third kappa shape index (κ3) is 45.2. The van der Waals surface area contributed by atoms with E-state index in [1.165, 1.54) is 193 Å². The summed E-state index contributed by atoms with van der Waals surface area (Å²) in [4.78, 5) is 12.4. The maximum atomic E-state index is 12.4. The molecule has 0 aliphatic rings. The molecule has 0 radical (unpaired) electrons. The summed E-state index contributed by atoms with van der Waals surface area (Å²) in [6.45, 7) is 4.26. The molecule has 4 heteroatoms. The van der Waals surface area contributed by atoms with E-state index >= 15 is 0 Å². The van der Waals surface area contributed by atoms with Gasteiger partial charge in [0.2, 0.25) is 5.91 Å². The number of hydrogen-bond acceptors (Lipinski definition) is 3. The van der Waals surface area contributed by atoms with Gasteiger partial charge in [0, 0.05) is 6.42 Å². The van der Waals surface area contributed by atoms with E-state index in [1.807, 2.05) is 6.08 Å². The number of aliphatic hydroxyl groups excluding tert-OH is 2. The molecule has 0 spiro atoms. The average molecular weight is 810 g/mol. The molecule has 0 aromatic carbocycles. The van der Waals surface area contributed by atoms with Crippen LogP contribution in [0.15, 0.2) is 60.8 Å². The van der Waals surface area contributed by atoms with Gasteiger partial charge in [-0.2, -0.15) is 0 Å². The zero-order valence-electron chi connectivity index (χ0n) is 38.8. The summed E-state index contributed by atoms with van der Waals surface area (Å²) in [5, 5.41) is 23.0. The van der Waals surface area contributed by atoms with Crippen LogP contribution in [0.1, 0.15) is 258 Å². The Labute approximate surface area is 362 Å². The summed E-state index contributed by atoms with van der Waals surface area (Å²) in [6, 6.07) is -0.645. The predicted molar refractivity (Wildman–Crippen MR) is 258 cm³/mol. The fourth-order valence-corrected chi connectivity index (χ4v) is 7.54. The maximum Gasteiger partial charge on any atom is 0.220 e. The van der Waals surface area contributed by atoms with Crippen LogP contribution >= 0.6 is 0 Å². The minimum Gasteiger partial charge on any atom is -0.394 e. The molecule has 0 rings (SSSR count). The summed E-state index contributed by atoms with van der Waals surface area (Å²) >= 11 is 0. The lowest BCUT2D eigenvalue weighted by molar-refractivity contribution is -0.123. The molecule has 2 atom stereocenters. The third-order valence-corrected chi connectivity index (χ3v) is 11.5. The Hall–Kier alpha value is -1.91. The van der Waals surface area contributed by atoms with E-state index < -0.39 is 12.1 Å². The van der Waals surface area contributed by atoms with E-state index in [2.05, 4.69) is 67.8 Å². The third-order valence-electron chi connectivity index (χ3n) is 11.5. The van der Waals surface area contributed by atoms with Gasteiger partial charge in [-0.1, -0.05) is 235 Å². The molecule has 3 N–H and O–H groups in total. The smallest absolute Gasteiger partial charge is 0.220 e. The molecule has 0 heterocycles. The Morgan fingerprint density at radius 2 is 0.724 bits per heavy atom. The fourth-order valence-electron chi connectivity index (χ4n) is 7.54. The molecule has 2 unspecified atom stereocenters. The van der Waals surface area contributed by atoms with Crippen molar-refractivity contribution in [2.24, 2.45) is 0 Å². The first-order chi connectivity index (χ1) is 28.7. The number of rotatable bonds is 46. The highest BCUT2D eigenvalue weighted by molar-refractivity contribution is 5.76. The molecule has 58 heavy (non-hydrogen) atoms. The lowest BCUT2D eigenvalue weighted by Crippen LogP contribution is -2.45. The van der Waals surface area contributed by atoms with Crippen molar-refractivity contribution in [2.75, 3.05) is 6.61 Å². The van der Waals surface area contributed by atoms with Gasteiger partial charge in [-0.15, -0.1) is 0 Å². The first-order valence-electron chi connectivity index (χ1n) is 25.5. The molecule has 0 aliphatic carbocycles. The highest BCUT2D eigenvalue weighted by Crippen LogP contribution is 2.16. The van der Waals surface area contributed by atoms with Crippen LogP contribution in [0.3, 0.4) is 0 Å². The topological polar surface area (TPSA) is 69.6 Å². The highest BCUT2D eigenvalue weighted by atomic mass is 16.3. The number of carbonyl (C=O) groups excluding carboxylic acids is 1. The maximum absolute atomic E-state index is 12.4. The number of aliphatic hydroxyl groups is 2. The van der Waals surface area contributed by atoms with E-state index in [4.69, 9.17) is 0 Å². The van der Waals surface area contributed by atoms with Gasteiger partial charge in [0.25, 0.3) is 0 Å². The molecular weight excluding hydrogens is 711 g/mol. The van der Waals surface area contributed by atoms with Crippen molar-refractivity contribution < 1.29 is 15.0 Å². The number of carbonyl (C=O) groups is 1. The number of hydrogen-bond donors (Lipinski definition) is 3. The first-order valence-corrected chi connectivity index (χ1v) is 25.5. The van der Waals surface area contributed by atoms with Crippen molar-refractivity contribution in [1.29, 1.82) is 0 Å². The SMILES string of the molecule is CCCCC/C=C/CC/C=C/CC/C=C/C(O)C(CO)NC(=O)CCCCCCCCCCCCCCCCCCC/C=C\C/C=C\CCCCCCCCCCC. The normalized spacial score (nSPS) is 13.4. The lowest BCUT2D eigenvalue weighted by atomic mass is 10.0. The van der Waals surface area contributed by atoms with Crippen LogP contribution in [0, 0.1) is 0 Å². The average Bonchev–Trinajstić information content (AvgIpc) is 3.23. The molecule has 0 aromatic rings. The van der Waals surface area contributed by atoms with Crippen molar-refractivity contribution >= 4 is 5.91 Å². The van der Waals surface area contributed by atoms with Crippen molar-refractivity contribution in [3.8, 4) is 0 Å². The van der Waals surface area contributed by atoms with Crippen LogP contribution in [0.2, 0.25) is 0 Å². The van der Waals surface area contributed by atoms with E-state index in [9.17, 15) is 15.0 Å². The van der Waals surface area contributed by atoms with Crippen LogP contribution in [0.25, 0.3) is 0 Å². The van der Waals surface area contributed by atoms with Crippen molar-refractivity contribution in [1.82, 2.24) is 5.32 Å². The van der Waals surface area contributed by atoms with Crippen LogP contribution in [0.4, 0.5) is 0 Å². The van der Waals surface area contributed by atoms with Crippen LogP contribution in [0.5, 0.6) is 0 Å². The number of unbranched alkanes of at least 4 members (excludes halogenated alkanes) is 31. The van der Waals surface area contributed by atoms with Gasteiger partial charge in [-0.05, 0) is 77.0 Å². The Bertz CT molecular complexity index is 965. The van der Waals surface area contributed by atoms with E-state index in [-0.39, 0.29) is 12.5 Å². The molecule has 1 amide bonds. The van der Waals surface area contributed by atoms with Crippen LogP contribution in [-0.4, -0.2) is 34.9 Å². The van der Waals surface area contributed by atoms with Gasteiger partial charge >= 0.3 is 0 Å². The molecule has 0 bridgehead atoms. The second-order valence-corrected chi connectivity index (χ2v) is 17.2. The molecule has 338 valence electrons. The van der Waals surface area contributed by atoms with E-state index in [0.717, 1.165) is 44.9 Å². The largest absolute Gasteiger partial charge is 0.394 e. The van der Waals surface area contributed by atoms with Gasteiger partial charge < -0.3 is 15.5 Å². The molecule has 0 saturated carbocycles. The summed E-state index contributed by atoms with van der Waals surface area (Å²) in [5.41, 5.74) is 0. The van der Waals surface area contributed by atoms with E-state index in [0.29, 0.717) is 6.42 Å². The second-order valence-electron chi connectivity index (χ2n) is 17.2. The Balaban J connectivity index is 3.48. The number of amides is 1. The van der Waals surface area contributed by atoms with Gasteiger partial charge in [0.1, 0.15) is 0 Å². The Morgan fingerprint density at radius 1 is 0.414 bits per heavy atom. The van der Waals surface area contributed by atoms with Gasteiger partial charge in [0.05, 0.1) is 18.8 Å². The standard InChI is InChI=1S/C54H99NO3/c1-3-5-7-9-11-13-15-17-18-19-20-21-22-23-24-25-26-27-28-29-30-31-32-33-34-35-36-38-40-42-44-46-48-50-54(58)55-52(51-56)53(57)49-47-45-43-41-39-37-16-14-12-10-8-6-4-2/h12,14,20-21,23-24,39,41,47,49,52-53,56-57H,3-11,13,15-19,22,25-38,40,42-46,48,50-51H2,1-2H3,(H,55,58)/b14-12+,21-20-,24-23-,41-39+,49-47+. The zero-order valence-corrected chi connectivity index (χ0v) is 38.8. The van der Waals surface area contributed by atoms with Crippen molar-refractivity contribution in [3.05, 3.63) is 60.8 Å². The molecule has 4 nitrogen and oxygen atoms in total. The minimum atomic E-state index is -0.870. The van der Waals surface area contributed by atoms with Crippen LogP contribution < -0.4 is 5.32 Å². The molecule has 0 aliphatic heterocycles. The quantitative estimate of drug-likeness (QED) is 0.0424. The van der Waals surface area contributed by atoms with Gasteiger partial charge in [-0.25, -0.2) is 0 Å². The lowest BCUT2D eigenvalue weighted by Gasteiger charge is -2.19. The molecule has 0 fully saturated rings. The first kappa shape index (κ1) is 56.1. The Kier molecular flexibility index (Phi) is 47.8. The summed E-state index contributed by atoms with van der Waals surface area (Å²) in [5.74, 6) is -0.0783. The molecular formula is C54H99NO3. The summed E-state index contributed by atoms with van der Waals surface area (Å²) < 4.78 is 0. The minimum absolute atomic E-state index is 0.0783. The summed E-state index contributed by atoms with van der Waals surface area (Å²) in [6.07, 6.45) is 69.4. The number of allylic oxidation sites excluding steroid dienone is 9. The predicted octanol–water partition coefficient (Wildman–Crippen LogP) is 16.5. The molecule has 0 saturated heterocycles. The monoisotopic (exact) mass is 810 g/mol. The van der Waals surface area contributed by atoms with Gasteiger partial charge in [0.15, 0.2) is 0 Å². The zero-order chi connectivity index (χ0) is 42.1. The Morgan fingerprint density at radius 3 is 1.14 bits per heavy atom. The van der Waals surface area contributed by atoms with Crippen molar-refractivity contribution in [3.63, 3.8) is 0 Å². The van der Waals surface area contributed by atoms with E-state index in [1.54, 1.807) is 6.08 Å². The number of nitrogens with one attached hydrogen (secondary N) is 1. The van der Waals surface area contributed by atoms with Crippen LogP contribution in [-0.2, 0) is 4.79 Å². The van der Waals surface area contributed by atoms with Gasteiger partial charge in [-0.3, -0.25) is 4.79 Å². The second kappa shape index (κ2) is 49.5. The molecule has 0 aromatic heterocycles. The summed E-state index contributed by atoms with van der Waals surface area (Å²) in [7, 11) is 0.